The Morgan fingerprint density at radius 3 is 2.57 bits per heavy atom. The molecule has 14 heavy (non-hydrogen) atoms. The number of aliphatic carboxylic acids is 1. The van der Waals surface area contributed by atoms with Gasteiger partial charge < -0.3 is 15.7 Å². The first-order chi connectivity index (χ1) is 6.63. The molecule has 0 aromatic carbocycles. The monoisotopic (exact) mass is 200 g/mol. The van der Waals surface area contributed by atoms with Crippen LogP contribution in [0, 0.1) is 0 Å². The van der Waals surface area contributed by atoms with Crippen LogP contribution in [0.15, 0.2) is 0 Å². The Kier molecular flexibility index (Phi) is 3.73. The van der Waals surface area contributed by atoms with Crippen LogP contribution < -0.4 is 10.6 Å². The van der Waals surface area contributed by atoms with Crippen molar-refractivity contribution in [2.75, 3.05) is 0 Å². The Balaban J connectivity index is 2.29. The van der Waals surface area contributed by atoms with Gasteiger partial charge in [-0.2, -0.15) is 0 Å². The van der Waals surface area contributed by atoms with E-state index in [1.54, 1.807) is 0 Å². The van der Waals surface area contributed by atoms with Crippen LogP contribution in [0.2, 0.25) is 0 Å². The summed E-state index contributed by atoms with van der Waals surface area (Å²) >= 11 is 0. The van der Waals surface area contributed by atoms with E-state index in [0.717, 1.165) is 19.3 Å². The summed E-state index contributed by atoms with van der Waals surface area (Å²) in [6, 6.07) is -0.877. The van der Waals surface area contributed by atoms with E-state index >= 15 is 0 Å². The van der Waals surface area contributed by atoms with Crippen molar-refractivity contribution in [2.45, 2.75) is 44.7 Å². The van der Waals surface area contributed by atoms with Crippen molar-refractivity contribution in [2.24, 2.45) is 0 Å². The average Bonchev–Trinajstić information content (AvgIpc) is 2.87. The van der Waals surface area contributed by atoms with Crippen LogP contribution in [0.5, 0.6) is 0 Å². The normalized spacial score (nSPS) is 17.2. The first-order valence-electron chi connectivity index (χ1n) is 4.93. The smallest absolute Gasteiger partial charge is 0.326 e. The zero-order chi connectivity index (χ0) is 10.6. The summed E-state index contributed by atoms with van der Waals surface area (Å²) in [5.41, 5.74) is 0. The number of amides is 2. The average molecular weight is 200 g/mol. The van der Waals surface area contributed by atoms with Crippen molar-refractivity contribution in [1.29, 1.82) is 0 Å². The van der Waals surface area contributed by atoms with Gasteiger partial charge in [-0.15, -0.1) is 0 Å². The van der Waals surface area contributed by atoms with Crippen LogP contribution in [0.4, 0.5) is 4.79 Å². The first kappa shape index (κ1) is 10.8. The van der Waals surface area contributed by atoms with Gasteiger partial charge in [0.25, 0.3) is 0 Å². The SMILES string of the molecule is CCC[C@H](NC(=O)NC1CC1)C(=O)O. The Labute approximate surface area is 82.9 Å². The maximum Gasteiger partial charge on any atom is 0.326 e. The van der Waals surface area contributed by atoms with Crippen LogP contribution in [-0.4, -0.2) is 29.2 Å². The highest BCUT2D eigenvalue weighted by Gasteiger charge is 2.25. The van der Waals surface area contributed by atoms with Crippen molar-refractivity contribution >= 4 is 12.0 Å². The summed E-state index contributed by atoms with van der Waals surface area (Å²) in [4.78, 5) is 21.9. The third-order valence-electron chi connectivity index (χ3n) is 2.09. The number of hydrogen-bond donors (Lipinski definition) is 3. The molecule has 0 radical (unpaired) electrons. The summed E-state index contributed by atoms with van der Waals surface area (Å²) in [5, 5.41) is 13.9. The highest BCUT2D eigenvalue weighted by atomic mass is 16.4. The number of carbonyl (C=O) groups excluding carboxylic acids is 1. The molecule has 0 heterocycles. The van der Waals surface area contributed by atoms with E-state index in [9.17, 15) is 9.59 Å². The molecule has 1 saturated carbocycles. The molecule has 5 heteroatoms. The van der Waals surface area contributed by atoms with E-state index in [4.69, 9.17) is 5.11 Å². The number of carboxylic acid groups (broad SMARTS) is 1. The van der Waals surface area contributed by atoms with Gasteiger partial charge in [0.2, 0.25) is 0 Å². The fourth-order valence-electron chi connectivity index (χ4n) is 1.16. The maximum absolute atomic E-state index is 11.2. The van der Waals surface area contributed by atoms with E-state index in [1.807, 2.05) is 6.92 Å². The maximum atomic E-state index is 11.2. The minimum atomic E-state index is -0.974. The standard InChI is InChI=1S/C9H16N2O3/c1-2-3-7(8(12)13)11-9(14)10-6-4-5-6/h6-7H,2-5H2,1H3,(H,12,13)(H2,10,11,14)/t7-/m0/s1. The third-order valence-corrected chi connectivity index (χ3v) is 2.09. The predicted molar refractivity (Wildman–Crippen MR) is 51.0 cm³/mol. The van der Waals surface area contributed by atoms with Gasteiger partial charge >= 0.3 is 12.0 Å². The Morgan fingerprint density at radius 1 is 1.50 bits per heavy atom. The van der Waals surface area contributed by atoms with E-state index in [-0.39, 0.29) is 12.1 Å². The van der Waals surface area contributed by atoms with E-state index < -0.39 is 12.0 Å². The number of carboxylic acids is 1. The molecule has 0 bridgehead atoms. The summed E-state index contributed by atoms with van der Waals surface area (Å²) in [5.74, 6) is -0.974. The third kappa shape index (κ3) is 3.64. The fraction of sp³-hybridized carbons (Fsp3) is 0.778. The number of hydrogen-bond acceptors (Lipinski definition) is 2. The molecule has 80 valence electrons. The van der Waals surface area contributed by atoms with Gasteiger partial charge in [0.05, 0.1) is 0 Å². The van der Waals surface area contributed by atoms with Crippen molar-refractivity contribution < 1.29 is 14.7 Å². The number of carbonyl (C=O) groups is 2. The van der Waals surface area contributed by atoms with Gasteiger partial charge in [0.1, 0.15) is 6.04 Å². The van der Waals surface area contributed by atoms with E-state index in [1.165, 1.54) is 0 Å². The van der Waals surface area contributed by atoms with Crippen molar-refractivity contribution in [3.63, 3.8) is 0 Å². The number of rotatable bonds is 5. The lowest BCUT2D eigenvalue weighted by atomic mass is 10.2. The lowest BCUT2D eigenvalue weighted by Crippen LogP contribution is -2.46. The topological polar surface area (TPSA) is 78.4 Å². The van der Waals surface area contributed by atoms with Crippen LogP contribution in [-0.2, 0) is 4.79 Å². The number of nitrogens with one attached hydrogen (secondary N) is 2. The molecule has 0 unspecified atom stereocenters. The van der Waals surface area contributed by atoms with Gasteiger partial charge in [-0.25, -0.2) is 9.59 Å². The fourth-order valence-corrected chi connectivity index (χ4v) is 1.16. The minimum absolute atomic E-state index is 0.256. The Bertz CT molecular complexity index is 226. The largest absolute Gasteiger partial charge is 0.480 e. The summed E-state index contributed by atoms with van der Waals surface area (Å²) < 4.78 is 0. The van der Waals surface area contributed by atoms with Gasteiger partial charge in [-0.05, 0) is 19.3 Å². The van der Waals surface area contributed by atoms with E-state index in [2.05, 4.69) is 10.6 Å². The Hall–Kier alpha value is -1.26. The van der Waals surface area contributed by atoms with Gasteiger partial charge in [0.15, 0.2) is 0 Å². The molecule has 2 amide bonds. The zero-order valence-corrected chi connectivity index (χ0v) is 8.25. The van der Waals surface area contributed by atoms with E-state index in [0.29, 0.717) is 6.42 Å². The van der Waals surface area contributed by atoms with Crippen LogP contribution >= 0.6 is 0 Å². The molecular weight excluding hydrogens is 184 g/mol. The Morgan fingerprint density at radius 2 is 2.14 bits per heavy atom. The van der Waals surface area contributed by atoms with Gasteiger partial charge in [-0.1, -0.05) is 13.3 Å². The molecular formula is C9H16N2O3. The molecule has 0 spiro atoms. The second-order valence-electron chi connectivity index (χ2n) is 3.57. The molecule has 5 nitrogen and oxygen atoms in total. The quantitative estimate of drug-likeness (QED) is 0.611. The molecule has 0 aliphatic heterocycles. The van der Waals surface area contributed by atoms with Crippen molar-refractivity contribution in [3.8, 4) is 0 Å². The molecule has 0 saturated heterocycles. The molecule has 0 aromatic heterocycles. The molecule has 0 aromatic rings. The second kappa shape index (κ2) is 4.83. The van der Waals surface area contributed by atoms with Gasteiger partial charge in [0, 0.05) is 6.04 Å². The van der Waals surface area contributed by atoms with Crippen molar-refractivity contribution in [1.82, 2.24) is 10.6 Å². The molecule has 1 rings (SSSR count). The lowest BCUT2D eigenvalue weighted by Gasteiger charge is -2.13. The molecule has 1 fully saturated rings. The second-order valence-corrected chi connectivity index (χ2v) is 3.57. The molecule has 3 N–H and O–H groups in total. The predicted octanol–water partition coefficient (Wildman–Crippen LogP) is 0.701. The number of urea groups is 1. The van der Waals surface area contributed by atoms with Crippen molar-refractivity contribution in [3.05, 3.63) is 0 Å². The summed E-state index contributed by atoms with van der Waals surface area (Å²) in [6.07, 6.45) is 3.20. The summed E-state index contributed by atoms with van der Waals surface area (Å²) in [7, 11) is 0. The minimum Gasteiger partial charge on any atom is -0.480 e. The van der Waals surface area contributed by atoms with Crippen LogP contribution in [0.25, 0.3) is 0 Å². The highest BCUT2D eigenvalue weighted by Crippen LogP contribution is 2.18. The van der Waals surface area contributed by atoms with Crippen LogP contribution in [0.3, 0.4) is 0 Å². The zero-order valence-electron chi connectivity index (χ0n) is 8.25. The summed E-state index contributed by atoms with van der Waals surface area (Å²) in [6.45, 7) is 1.89. The van der Waals surface area contributed by atoms with Gasteiger partial charge in [-0.3, -0.25) is 0 Å². The lowest BCUT2D eigenvalue weighted by molar-refractivity contribution is -0.139. The molecule has 1 aliphatic carbocycles. The molecule has 1 atom stereocenters. The first-order valence-corrected chi connectivity index (χ1v) is 4.93. The highest BCUT2D eigenvalue weighted by molar-refractivity contribution is 5.82. The molecule has 1 aliphatic rings. The van der Waals surface area contributed by atoms with Crippen LogP contribution in [0.1, 0.15) is 32.6 Å².